The smallest absolute Gasteiger partial charge is 0.225 e. The summed E-state index contributed by atoms with van der Waals surface area (Å²) in [6, 6.07) is 0. The highest BCUT2D eigenvalue weighted by atomic mass is 35.5. The Labute approximate surface area is 115 Å². The van der Waals surface area contributed by atoms with Crippen LogP contribution in [0, 0.1) is 11.8 Å². The Bertz CT molecular complexity index is 277. The van der Waals surface area contributed by atoms with Crippen molar-refractivity contribution in [3.8, 4) is 0 Å². The van der Waals surface area contributed by atoms with Gasteiger partial charge in [0, 0.05) is 18.5 Å². The van der Waals surface area contributed by atoms with E-state index in [1.165, 1.54) is 0 Å². The predicted molar refractivity (Wildman–Crippen MR) is 72.7 cm³/mol. The van der Waals surface area contributed by atoms with Gasteiger partial charge in [0.05, 0.1) is 12.0 Å². The maximum atomic E-state index is 12.1. The van der Waals surface area contributed by atoms with E-state index in [0.717, 1.165) is 51.7 Å². The van der Waals surface area contributed by atoms with Crippen molar-refractivity contribution in [2.75, 3.05) is 13.2 Å². The Morgan fingerprint density at radius 3 is 2.67 bits per heavy atom. The van der Waals surface area contributed by atoms with Gasteiger partial charge in [-0.2, -0.15) is 0 Å². The molecule has 2 unspecified atom stereocenters. The average Bonchev–Trinajstić information content (AvgIpc) is 2.86. The van der Waals surface area contributed by atoms with Crippen molar-refractivity contribution in [2.45, 2.75) is 56.9 Å². The SMILES string of the molecule is CCC1OCCC1C(=O)NCC1CCC(Cl)CC1. The van der Waals surface area contributed by atoms with Crippen molar-refractivity contribution in [1.29, 1.82) is 0 Å². The fourth-order valence-electron chi connectivity index (χ4n) is 3.05. The summed E-state index contributed by atoms with van der Waals surface area (Å²) in [4.78, 5) is 12.1. The molecule has 0 bridgehead atoms. The van der Waals surface area contributed by atoms with Crippen LogP contribution in [0.5, 0.6) is 0 Å². The molecule has 2 fully saturated rings. The molecule has 2 rings (SSSR count). The standard InChI is InChI=1S/C14H24ClNO2/c1-2-13-12(7-8-18-13)14(17)16-9-10-3-5-11(15)6-4-10/h10-13H,2-9H2,1H3,(H,16,17). The molecule has 0 aromatic carbocycles. The van der Waals surface area contributed by atoms with Crippen LogP contribution < -0.4 is 5.32 Å². The number of hydrogen-bond acceptors (Lipinski definition) is 2. The quantitative estimate of drug-likeness (QED) is 0.800. The first kappa shape index (κ1) is 14.1. The highest BCUT2D eigenvalue weighted by Gasteiger charge is 2.33. The third-order valence-electron chi connectivity index (χ3n) is 4.29. The first-order valence-corrected chi connectivity index (χ1v) is 7.67. The van der Waals surface area contributed by atoms with Gasteiger partial charge in [0.25, 0.3) is 0 Å². The molecule has 1 aliphatic carbocycles. The third-order valence-corrected chi connectivity index (χ3v) is 4.73. The van der Waals surface area contributed by atoms with Gasteiger partial charge in [-0.3, -0.25) is 4.79 Å². The van der Waals surface area contributed by atoms with Crippen LogP contribution in [-0.4, -0.2) is 30.5 Å². The predicted octanol–water partition coefficient (Wildman–Crippen LogP) is 2.72. The van der Waals surface area contributed by atoms with Gasteiger partial charge in [-0.15, -0.1) is 11.6 Å². The van der Waals surface area contributed by atoms with Crippen molar-refractivity contribution >= 4 is 17.5 Å². The molecule has 2 atom stereocenters. The van der Waals surface area contributed by atoms with Crippen molar-refractivity contribution in [1.82, 2.24) is 5.32 Å². The van der Waals surface area contributed by atoms with Crippen molar-refractivity contribution in [2.24, 2.45) is 11.8 Å². The van der Waals surface area contributed by atoms with Crippen LogP contribution in [0.15, 0.2) is 0 Å². The molecule has 1 heterocycles. The highest BCUT2D eigenvalue weighted by Crippen LogP contribution is 2.27. The fraction of sp³-hybridized carbons (Fsp3) is 0.929. The van der Waals surface area contributed by atoms with Crippen LogP contribution in [-0.2, 0) is 9.53 Å². The molecule has 0 radical (unpaired) electrons. The zero-order valence-electron chi connectivity index (χ0n) is 11.2. The van der Waals surface area contributed by atoms with E-state index in [4.69, 9.17) is 16.3 Å². The van der Waals surface area contributed by atoms with Gasteiger partial charge in [-0.25, -0.2) is 0 Å². The van der Waals surface area contributed by atoms with Crippen LogP contribution in [0.4, 0.5) is 0 Å². The lowest BCUT2D eigenvalue weighted by Gasteiger charge is -2.26. The van der Waals surface area contributed by atoms with Gasteiger partial charge < -0.3 is 10.1 Å². The molecule has 1 aliphatic heterocycles. The molecule has 104 valence electrons. The van der Waals surface area contributed by atoms with Crippen molar-refractivity contribution < 1.29 is 9.53 Å². The average molecular weight is 274 g/mol. The van der Waals surface area contributed by atoms with E-state index in [9.17, 15) is 4.79 Å². The largest absolute Gasteiger partial charge is 0.377 e. The van der Waals surface area contributed by atoms with Crippen LogP contribution in [0.3, 0.4) is 0 Å². The van der Waals surface area contributed by atoms with Gasteiger partial charge >= 0.3 is 0 Å². The van der Waals surface area contributed by atoms with Gasteiger partial charge in [0.1, 0.15) is 0 Å². The molecule has 1 saturated carbocycles. The lowest BCUT2D eigenvalue weighted by molar-refractivity contribution is -0.126. The zero-order valence-corrected chi connectivity index (χ0v) is 11.9. The lowest BCUT2D eigenvalue weighted by atomic mass is 9.88. The summed E-state index contributed by atoms with van der Waals surface area (Å²) < 4.78 is 5.56. The Morgan fingerprint density at radius 1 is 1.28 bits per heavy atom. The molecule has 2 aliphatic rings. The van der Waals surface area contributed by atoms with E-state index in [1.54, 1.807) is 0 Å². The number of rotatable bonds is 4. The fourth-order valence-corrected chi connectivity index (χ4v) is 3.30. The summed E-state index contributed by atoms with van der Waals surface area (Å²) in [5.74, 6) is 0.873. The van der Waals surface area contributed by atoms with E-state index in [1.807, 2.05) is 0 Å². The molecular formula is C14H24ClNO2. The molecule has 0 aromatic heterocycles. The number of alkyl halides is 1. The minimum Gasteiger partial charge on any atom is -0.377 e. The van der Waals surface area contributed by atoms with Gasteiger partial charge in [0.2, 0.25) is 5.91 Å². The number of carbonyl (C=O) groups excluding carboxylic acids is 1. The molecule has 1 saturated heterocycles. The van der Waals surface area contributed by atoms with Crippen LogP contribution >= 0.6 is 11.6 Å². The lowest BCUT2D eigenvalue weighted by Crippen LogP contribution is -2.38. The Kier molecular flexibility index (Phi) is 5.31. The molecule has 0 spiro atoms. The van der Waals surface area contributed by atoms with Gasteiger partial charge in [0.15, 0.2) is 0 Å². The number of amides is 1. The first-order chi connectivity index (χ1) is 8.70. The molecular weight excluding hydrogens is 250 g/mol. The van der Waals surface area contributed by atoms with Crippen LogP contribution in [0.2, 0.25) is 0 Å². The normalized spacial score (nSPS) is 36.6. The minimum atomic E-state index is 0.0689. The summed E-state index contributed by atoms with van der Waals surface area (Å²) >= 11 is 6.08. The zero-order chi connectivity index (χ0) is 13.0. The third kappa shape index (κ3) is 3.61. The van der Waals surface area contributed by atoms with Gasteiger partial charge in [-0.1, -0.05) is 6.92 Å². The molecule has 18 heavy (non-hydrogen) atoms. The molecule has 1 N–H and O–H groups in total. The molecule has 1 amide bonds. The van der Waals surface area contributed by atoms with E-state index in [0.29, 0.717) is 11.3 Å². The number of carbonyl (C=O) groups is 1. The number of halogens is 1. The van der Waals surface area contributed by atoms with E-state index < -0.39 is 0 Å². The maximum Gasteiger partial charge on any atom is 0.225 e. The topological polar surface area (TPSA) is 38.3 Å². The second kappa shape index (κ2) is 6.76. The summed E-state index contributed by atoms with van der Waals surface area (Å²) in [6.07, 6.45) is 6.40. The summed E-state index contributed by atoms with van der Waals surface area (Å²) in [6.45, 7) is 3.63. The van der Waals surface area contributed by atoms with Crippen molar-refractivity contribution in [3.63, 3.8) is 0 Å². The maximum absolute atomic E-state index is 12.1. The summed E-state index contributed by atoms with van der Waals surface area (Å²) in [5, 5.41) is 3.46. The van der Waals surface area contributed by atoms with Crippen molar-refractivity contribution in [3.05, 3.63) is 0 Å². The molecule has 4 heteroatoms. The molecule has 3 nitrogen and oxygen atoms in total. The van der Waals surface area contributed by atoms with E-state index in [2.05, 4.69) is 12.2 Å². The summed E-state index contributed by atoms with van der Waals surface area (Å²) in [7, 11) is 0. The highest BCUT2D eigenvalue weighted by molar-refractivity contribution is 6.20. The Balaban J connectivity index is 1.71. The second-order valence-electron chi connectivity index (χ2n) is 5.58. The number of hydrogen-bond donors (Lipinski definition) is 1. The van der Waals surface area contributed by atoms with E-state index in [-0.39, 0.29) is 17.9 Å². The number of nitrogens with one attached hydrogen (secondary N) is 1. The summed E-state index contributed by atoms with van der Waals surface area (Å²) in [5.41, 5.74) is 0. The second-order valence-corrected chi connectivity index (χ2v) is 6.19. The van der Waals surface area contributed by atoms with E-state index >= 15 is 0 Å². The Hall–Kier alpha value is -0.280. The molecule has 0 aromatic rings. The monoisotopic (exact) mass is 273 g/mol. The minimum absolute atomic E-state index is 0.0689. The first-order valence-electron chi connectivity index (χ1n) is 7.24. The Morgan fingerprint density at radius 2 is 2.00 bits per heavy atom. The van der Waals surface area contributed by atoms with Crippen LogP contribution in [0.1, 0.15) is 45.4 Å². The number of ether oxygens (including phenoxy) is 1. The van der Waals surface area contributed by atoms with Gasteiger partial charge in [-0.05, 0) is 44.4 Å². The van der Waals surface area contributed by atoms with Crippen LogP contribution in [0.25, 0.3) is 0 Å².